The maximum atomic E-state index is 13.6. The van der Waals surface area contributed by atoms with E-state index in [-0.39, 0.29) is 17.5 Å². The number of carbonyl (C=O) groups is 1. The summed E-state index contributed by atoms with van der Waals surface area (Å²) in [5.74, 6) is -0.972. The van der Waals surface area contributed by atoms with Gasteiger partial charge in [-0.05, 0) is 79.3 Å². The molecule has 0 unspecified atom stereocenters. The van der Waals surface area contributed by atoms with Crippen molar-refractivity contribution in [3.05, 3.63) is 94.4 Å². The van der Waals surface area contributed by atoms with Crippen molar-refractivity contribution < 1.29 is 13.6 Å². The molecule has 0 bridgehead atoms. The Kier molecular flexibility index (Phi) is 5.48. The van der Waals surface area contributed by atoms with Gasteiger partial charge in [0.1, 0.15) is 21.6 Å². The summed E-state index contributed by atoms with van der Waals surface area (Å²) >= 11 is 2.82. The van der Waals surface area contributed by atoms with Crippen LogP contribution < -0.4 is 9.80 Å². The first kappa shape index (κ1) is 20.8. The highest BCUT2D eigenvalue weighted by Gasteiger charge is 2.40. The van der Waals surface area contributed by atoms with E-state index >= 15 is 0 Å². The van der Waals surface area contributed by atoms with Crippen molar-refractivity contribution in [1.29, 1.82) is 0 Å². The summed E-state index contributed by atoms with van der Waals surface area (Å²) in [6.45, 7) is 2.75. The Balaban J connectivity index is 1.62. The van der Waals surface area contributed by atoms with Crippen LogP contribution in [0.4, 0.5) is 25.8 Å². The van der Waals surface area contributed by atoms with Crippen molar-refractivity contribution in [2.45, 2.75) is 11.8 Å². The van der Waals surface area contributed by atoms with Crippen molar-refractivity contribution >= 4 is 51.7 Å². The first-order chi connectivity index (χ1) is 15.5. The molecule has 0 N–H and O–H groups in total. The zero-order valence-corrected chi connectivity index (χ0v) is 18.6. The zero-order valence-electron chi connectivity index (χ0n) is 17.0. The number of para-hydroxylation sites is 1. The zero-order chi connectivity index (χ0) is 22.2. The number of halogens is 2. The molecule has 8 heteroatoms. The second-order valence-electron chi connectivity index (χ2n) is 7.04. The number of fused-ring (bicyclic) bond motifs is 1. The van der Waals surface area contributed by atoms with Gasteiger partial charge in [-0.15, -0.1) is 0 Å². The number of thioether (sulfide) groups is 2. The molecule has 0 aromatic heterocycles. The summed E-state index contributed by atoms with van der Waals surface area (Å²) in [6.07, 6.45) is 0. The lowest BCUT2D eigenvalue weighted by molar-refractivity contribution is -0.113. The largest absolute Gasteiger partial charge is 0.334 e. The van der Waals surface area contributed by atoms with Crippen LogP contribution in [0.5, 0.6) is 0 Å². The van der Waals surface area contributed by atoms with E-state index in [1.807, 2.05) is 31.2 Å². The average Bonchev–Trinajstić information content (AvgIpc) is 3.33. The number of rotatable bonds is 3. The molecular weight excluding hydrogens is 448 g/mol. The summed E-state index contributed by atoms with van der Waals surface area (Å²) in [4.78, 5) is 23.5. The third-order valence-electron chi connectivity index (χ3n) is 5.04. The molecule has 160 valence electrons. The molecule has 2 heterocycles. The van der Waals surface area contributed by atoms with Crippen LogP contribution in [0.15, 0.2) is 92.6 Å². The molecule has 0 aliphatic carbocycles. The second kappa shape index (κ2) is 8.44. The number of amidine groups is 1. The Hall–Kier alpha value is -3.10. The van der Waals surface area contributed by atoms with E-state index in [2.05, 4.69) is 9.89 Å². The molecule has 2 aliphatic heterocycles. The molecule has 0 radical (unpaired) electrons. The van der Waals surface area contributed by atoms with Gasteiger partial charge in [-0.1, -0.05) is 23.9 Å². The van der Waals surface area contributed by atoms with E-state index in [0.29, 0.717) is 28.0 Å². The fraction of sp³-hybridized carbons (Fsp3) is 0.0833. The molecule has 32 heavy (non-hydrogen) atoms. The Labute approximate surface area is 192 Å². The third-order valence-corrected chi connectivity index (χ3v) is 7.38. The monoisotopic (exact) mass is 465 g/mol. The van der Waals surface area contributed by atoms with Crippen LogP contribution in [0, 0.1) is 11.6 Å². The van der Waals surface area contributed by atoms with E-state index in [1.165, 1.54) is 40.9 Å². The predicted molar refractivity (Wildman–Crippen MR) is 127 cm³/mol. The van der Waals surface area contributed by atoms with Crippen LogP contribution in [-0.2, 0) is 4.79 Å². The first-order valence-corrected chi connectivity index (χ1v) is 11.6. The topological polar surface area (TPSA) is 35.9 Å². The predicted octanol–water partition coefficient (Wildman–Crippen LogP) is 6.53. The number of aliphatic imine (C=N–C) groups is 1. The van der Waals surface area contributed by atoms with Crippen LogP contribution in [0.2, 0.25) is 0 Å². The van der Waals surface area contributed by atoms with Gasteiger partial charge in [0.25, 0.3) is 5.91 Å². The number of hydrogen-bond donors (Lipinski definition) is 0. The van der Waals surface area contributed by atoms with Crippen LogP contribution >= 0.6 is 23.5 Å². The average molecular weight is 466 g/mol. The number of hydrogen-bond acceptors (Lipinski definition) is 5. The molecule has 0 atom stereocenters. The van der Waals surface area contributed by atoms with Gasteiger partial charge >= 0.3 is 0 Å². The molecule has 4 nitrogen and oxygen atoms in total. The van der Waals surface area contributed by atoms with Crippen molar-refractivity contribution in [1.82, 2.24) is 0 Å². The fourth-order valence-electron chi connectivity index (χ4n) is 3.54. The quantitative estimate of drug-likeness (QED) is 0.412. The summed E-state index contributed by atoms with van der Waals surface area (Å²) < 4.78 is 26.9. The van der Waals surface area contributed by atoms with Crippen LogP contribution in [-0.4, -0.2) is 17.6 Å². The highest BCUT2D eigenvalue weighted by atomic mass is 32.2. The number of nitrogens with zero attached hydrogens (tertiary/aromatic N) is 3. The van der Waals surface area contributed by atoms with Crippen molar-refractivity contribution in [2.75, 3.05) is 16.3 Å². The molecule has 3 aromatic rings. The lowest BCUT2D eigenvalue weighted by Gasteiger charge is -2.19. The molecule has 1 saturated heterocycles. The SMILES string of the molecule is CCN1C(=C2SC(=Nc3ccc(F)cc3)N(c3ccc(F)cc3)C2=O)Sc2ccccc21. The van der Waals surface area contributed by atoms with Gasteiger partial charge in [0.2, 0.25) is 0 Å². The minimum atomic E-state index is -0.386. The minimum Gasteiger partial charge on any atom is -0.334 e. The van der Waals surface area contributed by atoms with Crippen molar-refractivity contribution in [3.63, 3.8) is 0 Å². The van der Waals surface area contributed by atoms with Gasteiger partial charge in [0.15, 0.2) is 5.17 Å². The van der Waals surface area contributed by atoms with E-state index in [1.54, 1.807) is 36.0 Å². The fourth-order valence-corrected chi connectivity index (χ4v) is 5.93. The van der Waals surface area contributed by atoms with Gasteiger partial charge in [-0.2, -0.15) is 0 Å². The van der Waals surface area contributed by atoms with Crippen molar-refractivity contribution in [3.8, 4) is 0 Å². The minimum absolute atomic E-state index is 0.226. The van der Waals surface area contributed by atoms with Gasteiger partial charge in [-0.25, -0.2) is 13.8 Å². The first-order valence-electron chi connectivity index (χ1n) is 9.96. The Bertz CT molecular complexity index is 1260. The summed E-state index contributed by atoms with van der Waals surface area (Å²) in [7, 11) is 0. The Morgan fingerprint density at radius 3 is 2.22 bits per heavy atom. The van der Waals surface area contributed by atoms with Crippen LogP contribution in [0.25, 0.3) is 0 Å². The van der Waals surface area contributed by atoms with E-state index in [4.69, 9.17) is 0 Å². The summed E-state index contributed by atoms with van der Waals surface area (Å²) in [6, 6.07) is 19.5. The second-order valence-corrected chi connectivity index (χ2v) is 9.05. The van der Waals surface area contributed by atoms with Gasteiger partial charge in [0, 0.05) is 11.4 Å². The standard InChI is InChI=1S/C24H17F2N3OS2/c1-2-28-19-5-3-4-6-20(19)31-23(28)21-22(30)29(18-13-9-16(26)10-14-18)24(32-21)27-17-11-7-15(25)8-12-17/h3-14H,2H2,1H3. The number of benzene rings is 3. The molecule has 5 rings (SSSR count). The molecule has 1 fully saturated rings. The summed E-state index contributed by atoms with van der Waals surface area (Å²) in [5.41, 5.74) is 2.10. The van der Waals surface area contributed by atoms with E-state index in [0.717, 1.165) is 15.6 Å². The molecular formula is C24H17F2N3OS2. The molecule has 3 aromatic carbocycles. The number of carbonyl (C=O) groups excluding carboxylic acids is 1. The highest BCUT2D eigenvalue weighted by molar-refractivity contribution is 8.20. The van der Waals surface area contributed by atoms with E-state index in [9.17, 15) is 13.6 Å². The number of anilines is 2. The third kappa shape index (κ3) is 3.69. The Morgan fingerprint density at radius 1 is 0.875 bits per heavy atom. The van der Waals surface area contributed by atoms with Gasteiger partial charge in [-0.3, -0.25) is 9.69 Å². The maximum Gasteiger partial charge on any atom is 0.274 e. The smallest absolute Gasteiger partial charge is 0.274 e. The molecule has 0 spiro atoms. The maximum absolute atomic E-state index is 13.6. The van der Waals surface area contributed by atoms with Crippen LogP contribution in [0.1, 0.15) is 6.92 Å². The lowest BCUT2D eigenvalue weighted by Crippen LogP contribution is -2.29. The van der Waals surface area contributed by atoms with Gasteiger partial charge in [0.05, 0.1) is 17.1 Å². The lowest BCUT2D eigenvalue weighted by atomic mass is 10.2. The van der Waals surface area contributed by atoms with Crippen LogP contribution in [0.3, 0.4) is 0 Å². The normalized spacial score (nSPS) is 19.2. The number of amides is 1. The van der Waals surface area contributed by atoms with E-state index < -0.39 is 0 Å². The summed E-state index contributed by atoms with van der Waals surface area (Å²) in [5, 5.41) is 1.28. The molecule has 1 amide bonds. The Morgan fingerprint density at radius 2 is 1.53 bits per heavy atom. The molecule has 2 aliphatic rings. The van der Waals surface area contributed by atoms with Crippen molar-refractivity contribution in [2.24, 2.45) is 4.99 Å². The van der Waals surface area contributed by atoms with Gasteiger partial charge < -0.3 is 4.90 Å². The molecule has 0 saturated carbocycles. The highest BCUT2D eigenvalue weighted by Crippen LogP contribution is 2.51.